The molecular weight excluding hydrogens is 394 g/mol. The standard InChI is InChI=1S/C21H16ClN3O4/c22-16-7-1-14(2-8-16)20(27)24-25-21(28)15-5-11-18(12-6-15)29-17-9-3-13(4-10-17)19(23)26/h1-12H,(H2,23,26)(H,24,27)(H,25,28). The maximum Gasteiger partial charge on any atom is 0.269 e. The molecule has 3 rings (SSSR count). The number of nitrogens with one attached hydrogen (secondary N) is 2. The summed E-state index contributed by atoms with van der Waals surface area (Å²) in [6.07, 6.45) is 0. The van der Waals surface area contributed by atoms with E-state index in [9.17, 15) is 14.4 Å². The molecule has 0 radical (unpaired) electrons. The summed E-state index contributed by atoms with van der Waals surface area (Å²) in [5.74, 6) is -0.449. The molecule has 3 amide bonds. The Morgan fingerprint density at radius 3 is 1.45 bits per heavy atom. The van der Waals surface area contributed by atoms with Crippen LogP contribution in [0.1, 0.15) is 31.1 Å². The van der Waals surface area contributed by atoms with Crippen LogP contribution in [-0.2, 0) is 0 Å². The van der Waals surface area contributed by atoms with Crippen LogP contribution < -0.4 is 21.3 Å². The third-order valence-corrected chi connectivity index (χ3v) is 4.14. The minimum Gasteiger partial charge on any atom is -0.457 e. The number of hydrogen-bond donors (Lipinski definition) is 3. The number of hydrazine groups is 1. The lowest BCUT2D eigenvalue weighted by Crippen LogP contribution is -2.41. The summed E-state index contributed by atoms with van der Waals surface area (Å²) in [4.78, 5) is 35.2. The van der Waals surface area contributed by atoms with Crippen molar-refractivity contribution in [2.45, 2.75) is 0 Å². The van der Waals surface area contributed by atoms with E-state index in [4.69, 9.17) is 22.1 Å². The van der Waals surface area contributed by atoms with Gasteiger partial charge in [0.25, 0.3) is 11.8 Å². The van der Waals surface area contributed by atoms with E-state index in [0.29, 0.717) is 33.2 Å². The molecule has 3 aromatic carbocycles. The average Bonchev–Trinajstić information content (AvgIpc) is 2.73. The molecule has 0 aromatic heterocycles. The van der Waals surface area contributed by atoms with Gasteiger partial charge in [-0.1, -0.05) is 11.6 Å². The molecule has 8 heteroatoms. The van der Waals surface area contributed by atoms with E-state index in [1.54, 1.807) is 72.8 Å². The first-order chi connectivity index (χ1) is 13.9. The van der Waals surface area contributed by atoms with Crippen molar-refractivity contribution in [1.82, 2.24) is 10.9 Å². The predicted octanol–water partition coefficient (Wildman–Crippen LogP) is 3.31. The van der Waals surface area contributed by atoms with Crippen molar-refractivity contribution < 1.29 is 19.1 Å². The van der Waals surface area contributed by atoms with Gasteiger partial charge in [0.2, 0.25) is 5.91 Å². The van der Waals surface area contributed by atoms with Gasteiger partial charge < -0.3 is 10.5 Å². The van der Waals surface area contributed by atoms with Crippen molar-refractivity contribution >= 4 is 29.3 Å². The van der Waals surface area contributed by atoms with Crippen molar-refractivity contribution in [3.05, 3.63) is 94.5 Å². The van der Waals surface area contributed by atoms with Crippen LogP contribution in [0.15, 0.2) is 72.8 Å². The van der Waals surface area contributed by atoms with Crippen LogP contribution in [0.4, 0.5) is 0 Å². The molecule has 0 aliphatic rings. The molecule has 0 heterocycles. The summed E-state index contributed by atoms with van der Waals surface area (Å²) in [5, 5.41) is 0.511. The van der Waals surface area contributed by atoms with E-state index in [2.05, 4.69) is 10.9 Å². The molecule has 0 aliphatic carbocycles. The molecule has 7 nitrogen and oxygen atoms in total. The fourth-order valence-electron chi connectivity index (χ4n) is 2.36. The van der Waals surface area contributed by atoms with Gasteiger partial charge in [-0.2, -0.15) is 0 Å². The molecule has 146 valence electrons. The lowest BCUT2D eigenvalue weighted by Gasteiger charge is -2.09. The highest BCUT2D eigenvalue weighted by molar-refractivity contribution is 6.30. The zero-order valence-electron chi connectivity index (χ0n) is 15.0. The highest BCUT2D eigenvalue weighted by atomic mass is 35.5. The van der Waals surface area contributed by atoms with E-state index in [1.807, 2.05) is 0 Å². The molecule has 29 heavy (non-hydrogen) atoms. The maximum absolute atomic E-state index is 12.2. The number of amides is 3. The molecule has 0 bridgehead atoms. The van der Waals surface area contributed by atoms with Crippen molar-refractivity contribution in [2.75, 3.05) is 0 Å². The van der Waals surface area contributed by atoms with Gasteiger partial charge >= 0.3 is 0 Å². The lowest BCUT2D eigenvalue weighted by atomic mass is 10.2. The first-order valence-electron chi connectivity index (χ1n) is 8.46. The number of nitrogens with two attached hydrogens (primary N) is 1. The van der Waals surface area contributed by atoms with Gasteiger partial charge in [0.15, 0.2) is 0 Å². The number of hydrogen-bond acceptors (Lipinski definition) is 4. The third-order valence-electron chi connectivity index (χ3n) is 3.89. The van der Waals surface area contributed by atoms with Gasteiger partial charge in [-0.15, -0.1) is 0 Å². The second-order valence-corrected chi connectivity index (χ2v) is 6.37. The SMILES string of the molecule is NC(=O)c1ccc(Oc2ccc(C(=O)NNC(=O)c3ccc(Cl)cc3)cc2)cc1. The molecular formula is C21H16ClN3O4. The van der Waals surface area contributed by atoms with Crippen LogP contribution in [0, 0.1) is 0 Å². The van der Waals surface area contributed by atoms with Gasteiger partial charge in [0, 0.05) is 21.7 Å². The first-order valence-corrected chi connectivity index (χ1v) is 8.84. The largest absolute Gasteiger partial charge is 0.457 e. The molecule has 0 atom stereocenters. The van der Waals surface area contributed by atoms with Crippen LogP contribution in [0.3, 0.4) is 0 Å². The maximum atomic E-state index is 12.2. The molecule has 4 N–H and O–H groups in total. The molecule has 3 aromatic rings. The molecule has 0 spiro atoms. The quantitative estimate of drug-likeness (QED) is 0.561. The Morgan fingerprint density at radius 1 is 0.655 bits per heavy atom. The Hall–Kier alpha value is -3.84. The molecule has 0 fully saturated rings. The highest BCUT2D eigenvalue weighted by Gasteiger charge is 2.10. The normalized spacial score (nSPS) is 10.1. The van der Waals surface area contributed by atoms with Crippen molar-refractivity contribution in [2.24, 2.45) is 5.73 Å². The highest BCUT2D eigenvalue weighted by Crippen LogP contribution is 2.22. The smallest absolute Gasteiger partial charge is 0.269 e. The molecule has 0 unspecified atom stereocenters. The minimum absolute atomic E-state index is 0.331. The van der Waals surface area contributed by atoms with Gasteiger partial charge in [-0.25, -0.2) is 0 Å². The van der Waals surface area contributed by atoms with Gasteiger partial charge in [0.05, 0.1) is 0 Å². The Kier molecular flexibility index (Phi) is 6.11. The Labute approximate surface area is 171 Å². The summed E-state index contributed by atoms with van der Waals surface area (Å²) in [7, 11) is 0. The monoisotopic (exact) mass is 409 g/mol. The topological polar surface area (TPSA) is 111 Å². The zero-order chi connectivity index (χ0) is 20.8. The van der Waals surface area contributed by atoms with Crippen LogP contribution >= 0.6 is 11.6 Å². The molecule has 0 saturated carbocycles. The Bertz CT molecular complexity index is 1030. The summed E-state index contributed by atoms with van der Waals surface area (Å²) >= 11 is 5.78. The second kappa shape index (κ2) is 8.90. The van der Waals surface area contributed by atoms with Crippen LogP contribution in [0.2, 0.25) is 5.02 Å². The van der Waals surface area contributed by atoms with Crippen molar-refractivity contribution in [1.29, 1.82) is 0 Å². The lowest BCUT2D eigenvalue weighted by molar-refractivity contribution is 0.0846. The molecule has 0 saturated heterocycles. The van der Waals surface area contributed by atoms with E-state index in [1.165, 1.54) is 0 Å². The van der Waals surface area contributed by atoms with Crippen molar-refractivity contribution in [3.63, 3.8) is 0 Å². The Morgan fingerprint density at radius 2 is 1.03 bits per heavy atom. The van der Waals surface area contributed by atoms with Crippen molar-refractivity contribution in [3.8, 4) is 11.5 Å². The van der Waals surface area contributed by atoms with Gasteiger partial charge in [-0.3, -0.25) is 25.2 Å². The number of ether oxygens (including phenoxy) is 1. The van der Waals surface area contributed by atoms with E-state index in [0.717, 1.165) is 0 Å². The summed E-state index contributed by atoms with van der Waals surface area (Å²) < 4.78 is 5.65. The fourth-order valence-corrected chi connectivity index (χ4v) is 2.48. The number of primary amides is 1. The van der Waals surface area contributed by atoms with Gasteiger partial charge in [0.1, 0.15) is 11.5 Å². The number of rotatable bonds is 5. The summed E-state index contributed by atoms with van der Waals surface area (Å²) in [5.41, 5.74) is 10.9. The fraction of sp³-hybridized carbons (Fsp3) is 0. The second-order valence-electron chi connectivity index (χ2n) is 5.93. The van der Waals surface area contributed by atoms with Crippen LogP contribution in [-0.4, -0.2) is 17.7 Å². The van der Waals surface area contributed by atoms with E-state index in [-0.39, 0.29) is 0 Å². The number of benzene rings is 3. The van der Waals surface area contributed by atoms with Crippen LogP contribution in [0.5, 0.6) is 11.5 Å². The first kappa shape index (κ1) is 19.9. The third kappa shape index (κ3) is 5.33. The predicted molar refractivity (Wildman–Crippen MR) is 108 cm³/mol. The molecule has 0 aliphatic heterocycles. The summed E-state index contributed by atoms with van der Waals surface area (Å²) in [6, 6.07) is 18.9. The van der Waals surface area contributed by atoms with Crippen LogP contribution in [0.25, 0.3) is 0 Å². The zero-order valence-corrected chi connectivity index (χ0v) is 15.8. The summed E-state index contributed by atoms with van der Waals surface area (Å²) in [6.45, 7) is 0. The number of halogens is 1. The number of carbonyl (C=O) groups excluding carboxylic acids is 3. The Balaban J connectivity index is 1.56. The van der Waals surface area contributed by atoms with E-state index >= 15 is 0 Å². The van der Waals surface area contributed by atoms with Gasteiger partial charge in [-0.05, 0) is 72.8 Å². The van der Waals surface area contributed by atoms with E-state index < -0.39 is 17.7 Å². The number of carbonyl (C=O) groups is 3. The average molecular weight is 410 g/mol. The minimum atomic E-state index is -0.518.